The van der Waals surface area contributed by atoms with Crippen molar-refractivity contribution >= 4 is 10.8 Å². The molecule has 0 saturated carbocycles. The Hall–Kier alpha value is -6.63. The highest BCUT2D eigenvalue weighted by Gasteiger charge is 2.20. The first-order valence-corrected chi connectivity index (χ1v) is 16.0. The molecule has 0 atom stereocenters. The summed E-state index contributed by atoms with van der Waals surface area (Å²) < 4.78 is 0. The molecule has 0 spiro atoms. The Morgan fingerprint density at radius 3 is 1.35 bits per heavy atom. The number of nitrogens with zero attached hydrogens (tertiary/aromatic N) is 3. The Balaban J connectivity index is 1.22. The standard InChI is InChI=1S/C45H29N3/c46-30-38-28-29-40(41-19-11-10-18-39(38)41)33-24-20-31(21-25-33)32-22-26-36(27-23-32)44-42(34-12-4-1-5-13-34)43(35-14-6-2-7-15-35)47-45(48-44)37-16-8-3-9-17-37/h1-29H. The van der Waals surface area contributed by atoms with E-state index in [0.29, 0.717) is 11.4 Å². The first kappa shape index (κ1) is 28.8. The van der Waals surface area contributed by atoms with E-state index in [0.717, 1.165) is 72.2 Å². The largest absolute Gasteiger partial charge is 0.227 e. The Morgan fingerprint density at radius 2 is 0.792 bits per heavy atom. The highest BCUT2D eigenvalue weighted by Crippen LogP contribution is 2.40. The minimum atomic E-state index is 0.692. The fourth-order valence-corrected chi connectivity index (χ4v) is 6.38. The summed E-state index contributed by atoms with van der Waals surface area (Å²) in [5.74, 6) is 0.694. The second-order valence-corrected chi connectivity index (χ2v) is 11.7. The van der Waals surface area contributed by atoms with Crippen LogP contribution in [0.25, 0.3) is 78.1 Å². The maximum absolute atomic E-state index is 9.60. The lowest BCUT2D eigenvalue weighted by atomic mass is 9.92. The van der Waals surface area contributed by atoms with Crippen molar-refractivity contribution in [1.82, 2.24) is 9.97 Å². The lowest BCUT2D eigenvalue weighted by molar-refractivity contribution is 1.18. The van der Waals surface area contributed by atoms with Gasteiger partial charge in [-0.25, -0.2) is 9.97 Å². The Labute approximate surface area is 280 Å². The number of benzene rings is 7. The molecule has 8 aromatic rings. The van der Waals surface area contributed by atoms with Gasteiger partial charge in [-0.15, -0.1) is 0 Å². The minimum Gasteiger partial charge on any atom is -0.227 e. The van der Waals surface area contributed by atoms with Crippen molar-refractivity contribution in [2.75, 3.05) is 0 Å². The van der Waals surface area contributed by atoms with Crippen LogP contribution in [0.4, 0.5) is 0 Å². The summed E-state index contributed by atoms with van der Waals surface area (Å²) in [5, 5.41) is 11.7. The van der Waals surface area contributed by atoms with Crippen LogP contribution in [0.2, 0.25) is 0 Å². The maximum Gasteiger partial charge on any atom is 0.160 e. The molecule has 0 N–H and O–H groups in total. The van der Waals surface area contributed by atoms with Crippen LogP contribution >= 0.6 is 0 Å². The van der Waals surface area contributed by atoms with Crippen molar-refractivity contribution in [3.8, 4) is 73.4 Å². The number of rotatable bonds is 6. The third-order valence-electron chi connectivity index (χ3n) is 8.78. The lowest BCUT2D eigenvalue weighted by Crippen LogP contribution is -2.00. The van der Waals surface area contributed by atoms with E-state index in [1.54, 1.807) is 0 Å². The second kappa shape index (κ2) is 12.6. The second-order valence-electron chi connectivity index (χ2n) is 11.7. The van der Waals surface area contributed by atoms with Crippen molar-refractivity contribution < 1.29 is 0 Å². The van der Waals surface area contributed by atoms with Crippen LogP contribution in [0, 0.1) is 11.3 Å². The van der Waals surface area contributed by atoms with Gasteiger partial charge in [0.15, 0.2) is 5.82 Å². The Kier molecular flexibility index (Phi) is 7.59. The quantitative estimate of drug-likeness (QED) is 0.188. The maximum atomic E-state index is 9.60. The number of hydrogen-bond acceptors (Lipinski definition) is 3. The predicted molar refractivity (Wildman–Crippen MR) is 197 cm³/mol. The summed E-state index contributed by atoms with van der Waals surface area (Å²) in [7, 11) is 0. The monoisotopic (exact) mass is 611 g/mol. The van der Waals surface area contributed by atoms with Crippen molar-refractivity contribution in [3.63, 3.8) is 0 Å². The van der Waals surface area contributed by atoms with Crippen LogP contribution in [0.5, 0.6) is 0 Å². The van der Waals surface area contributed by atoms with E-state index in [1.165, 1.54) is 0 Å². The van der Waals surface area contributed by atoms with Gasteiger partial charge in [0, 0.05) is 27.6 Å². The summed E-state index contributed by atoms with van der Waals surface area (Å²) in [5.41, 5.74) is 12.1. The van der Waals surface area contributed by atoms with Crippen molar-refractivity contribution in [2.24, 2.45) is 0 Å². The average Bonchev–Trinajstić information content (AvgIpc) is 3.18. The molecule has 1 heterocycles. The van der Waals surface area contributed by atoms with Gasteiger partial charge in [-0.2, -0.15) is 5.26 Å². The predicted octanol–water partition coefficient (Wildman–Crippen LogP) is 11.5. The smallest absolute Gasteiger partial charge is 0.160 e. The zero-order valence-electron chi connectivity index (χ0n) is 26.1. The zero-order valence-corrected chi connectivity index (χ0v) is 26.1. The summed E-state index contributed by atoms with van der Waals surface area (Å²) in [6.45, 7) is 0. The molecule has 0 radical (unpaired) electrons. The summed E-state index contributed by atoms with van der Waals surface area (Å²) in [6.07, 6.45) is 0. The normalized spacial score (nSPS) is 10.9. The first-order valence-electron chi connectivity index (χ1n) is 16.0. The molecule has 8 rings (SSSR count). The van der Waals surface area contributed by atoms with E-state index in [1.807, 2.05) is 60.7 Å². The van der Waals surface area contributed by atoms with Crippen molar-refractivity contribution in [2.45, 2.75) is 0 Å². The molecule has 7 aromatic carbocycles. The van der Waals surface area contributed by atoms with Gasteiger partial charge in [0.2, 0.25) is 0 Å². The van der Waals surface area contributed by atoms with Gasteiger partial charge in [0.25, 0.3) is 0 Å². The number of nitriles is 1. The number of hydrogen-bond donors (Lipinski definition) is 0. The molecule has 0 aliphatic carbocycles. The molecule has 0 amide bonds. The van der Waals surface area contributed by atoms with Gasteiger partial charge in [0.1, 0.15) is 0 Å². The van der Waals surface area contributed by atoms with Gasteiger partial charge in [-0.3, -0.25) is 0 Å². The van der Waals surface area contributed by atoms with Crippen LogP contribution < -0.4 is 0 Å². The van der Waals surface area contributed by atoms with Crippen LogP contribution in [-0.2, 0) is 0 Å². The minimum absolute atomic E-state index is 0.692. The summed E-state index contributed by atoms with van der Waals surface area (Å²) in [4.78, 5) is 10.4. The molecule has 0 aliphatic rings. The summed E-state index contributed by atoms with van der Waals surface area (Å²) >= 11 is 0. The van der Waals surface area contributed by atoms with Crippen molar-refractivity contribution in [3.05, 3.63) is 181 Å². The van der Waals surface area contributed by atoms with E-state index >= 15 is 0 Å². The third-order valence-corrected chi connectivity index (χ3v) is 8.78. The highest BCUT2D eigenvalue weighted by molar-refractivity contribution is 6.00. The molecule has 0 bridgehead atoms. The summed E-state index contributed by atoms with van der Waals surface area (Å²) in [6, 6.07) is 62.7. The van der Waals surface area contributed by atoms with Gasteiger partial charge in [0.05, 0.1) is 23.0 Å². The average molecular weight is 612 g/mol. The number of aromatic nitrogens is 2. The third kappa shape index (κ3) is 5.42. The number of fused-ring (bicyclic) bond motifs is 1. The molecule has 3 nitrogen and oxygen atoms in total. The van der Waals surface area contributed by atoms with E-state index in [-0.39, 0.29) is 0 Å². The molecule has 0 saturated heterocycles. The van der Waals surface area contributed by atoms with Gasteiger partial charge in [-0.05, 0) is 39.3 Å². The molecule has 0 aliphatic heterocycles. The fraction of sp³-hybridized carbons (Fsp3) is 0. The molecule has 0 fully saturated rings. The van der Waals surface area contributed by atoms with Crippen LogP contribution in [-0.4, -0.2) is 9.97 Å². The van der Waals surface area contributed by atoms with E-state index < -0.39 is 0 Å². The topological polar surface area (TPSA) is 49.6 Å². The van der Waals surface area contributed by atoms with E-state index in [9.17, 15) is 5.26 Å². The lowest BCUT2D eigenvalue weighted by Gasteiger charge is -2.17. The van der Waals surface area contributed by atoms with Crippen LogP contribution in [0.3, 0.4) is 0 Å². The Bertz CT molecular complexity index is 2410. The molecule has 1 aromatic heterocycles. The van der Waals surface area contributed by atoms with Gasteiger partial charge >= 0.3 is 0 Å². The fourth-order valence-electron chi connectivity index (χ4n) is 6.38. The van der Waals surface area contributed by atoms with Gasteiger partial charge in [-0.1, -0.05) is 170 Å². The van der Waals surface area contributed by atoms with Gasteiger partial charge < -0.3 is 0 Å². The molecular formula is C45H29N3. The van der Waals surface area contributed by atoms with Crippen LogP contribution in [0.15, 0.2) is 176 Å². The SMILES string of the molecule is N#Cc1ccc(-c2ccc(-c3ccc(-c4nc(-c5ccccc5)nc(-c5ccccc5)c4-c4ccccc4)cc3)cc2)c2ccccc12. The van der Waals surface area contributed by atoms with Crippen LogP contribution in [0.1, 0.15) is 5.56 Å². The molecule has 224 valence electrons. The Morgan fingerprint density at radius 1 is 0.354 bits per heavy atom. The van der Waals surface area contributed by atoms with E-state index in [4.69, 9.17) is 9.97 Å². The van der Waals surface area contributed by atoms with E-state index in [2.05, 4.69) is 121 Å². The molecule has 0 unspecified atom stereocenters. The first-order chi connectivity index (χ1) is 23.8. The molecule has 3 heteroatoms. The molecule has 48 heavy (non-hydrogen) atoms. The molecular weight excluding hydrogens is 583 g/mol. The zero-order chi connectivity index (χ0) is 32.3. The highest BCUT2D eigenvalue weighted by atomic mass is 14.9. The van der Waals surface area contributed by atoms with Crippen molar-refractivity contribution in [1.29, 1.82) is 5.26 Å².